The number of unbranched alkanes of at least 4 members (excludes halogenated alkanes) is 2. The number of carbonyl (C=O) groups excluding carboxylic acids is 3. The second kappa shape index (κ2) is 10.3. The fraction of sp³-hybridized carbons (Fsp3) is 0.654. The molecule has 34 heavy (non-hydrogen) atoms. The van der Waals surface area contributed by atoms with Crippen molar-refractivity contribution in [3.05, 3.63) is 35.9 Å². The van der Waals surface area contributed by atoms with Gasteiger partial charge in [-0.3, -0.25) is 14.4 Å². The average molecular weight is 488 g/mol. The molecule has 0 saturated carbocycles. The highest BCUT2D eigenvalue weighted by atomic mass is 32.2. The van der Waals surface area contributed by atoms with E-state index < -0.39 is 28.7 Å². The van der Waals surface area contributed by atoms with Crippen LogP contribution in [0.4, 0.5) is 0 Å². The first-order chi connectivity index (χ1) is 16.4. The molecule has 7 atom stereocenters. The minimum atomic E-state index is -0.675. The number of aliphatic hydroxyl groups is 1. The molecule has 3 aliphatic heterocycles. The van der Waals surface area contributed by atoms with Gasteiger partial charge in [-0.05, 0) is 31.2 Å². The molecule has 3 amide bonds. The summed E-state index contributed by atoms with van der Waals surface area (Å²) in [4.78, 5) is 42.4. The molecule has 3 unspecified atom stereocenters. The van der Waals surface area contributed by atoms with Crippen molar-refractivity contribution in [1.82, 2.24) is 15.5 Å². The molecule has 2 bridgehead atoms. The number of hydrogen-bond acceptors (Lipinski definition) is 5. The number of nitrogens with zero attached hydrogens (tertiary/aromatic N) is 1. The fourth-order valence-electron chi connectivity index (χ4n) is 6.21. The third kappa shape index (κ3) is 4.13. The number of thioether (sulfide) groups is 1. The van der Waals surface area contributed by atoms with Crippen LogP contribution in [-0.4, -0.2) is 63.0 Å². The van der Waals surface area contributed by atoms with E-state index in [4.69, 9.17) is 0 Å². The molecule has 3 saturated heterocycles. The maximum atomic E-state index is 13.8. The van der Waals surface area contributed by atoms with Crippen LogP contribution in [0.2, 0.25) is 0 Å². The Morgan fingerprint density at radius 3 is 2.62 bits per heavy atom. The second-order valence-electron chi connectivity index (χ2n) is 10.0. The van der Waals surface area contributed by atoms with Gasteiger partial charge in [-0.25, -0.2) is 0 Å². The molecule has 7 nitrogen and oxygen atoms in total. The number of carbonyl (C=O) groups is 3. The lowest BCUT2D eigenvalue weighted by atomic mass is 9.66. The normalized spacial score (nSPS) is 32.5. The van der Waals surface area contributed by atoms with E-state index in [1.807, 2.05) is 30.3 Å². The van der Waals surface area contributed by atoms with Crippen LogP contribution in [0.3, 0.4) is 0 Å². The summed E-state index contributed by atoms with van der Waals surface area (Å²) >= 11 is 1.67. The summed E-state index contributed by atoms with van der Waals surface area (Å²) in [5, 5.41) is 16.1. The van der Waals surface area contributed by atoms with Gasteiger partial charge in [-0.2, -0.15) is 0 Å². The number of amides is 3. The first kappa shape index (κ1) is 25.0. The van der Waals surface area contributed by atoms with Crippen LogP contribution in [0.25, 0.3) is 0 Å². The number of hydrogen-bond donors (Lipinski definition) is 3. The molecule has 3 N–H and O–H groups in total. The van der Waals surface area contributed by atoms with Gasteiger partial charge >= 0.3 is 0 Å². The average Bonchev–Trinajstić information content (AvgIpc) is 3.44. The van der Waals surface area contributed by atoms with Crippen molar-refractivity contribution in [1.29, 1.82) is 0 Å². The van der Waals surface area contributed by atoms with Crippen molar-refractivity contribution >= 4 is 29.5 Å². The van der Waals surface area contributed by atoms with E-state index in [9.17, 15) is 19.5 Å². The molecule has 1 aromatic rings. The van der Waals surface area contributed by atoms with Gasteiger partial charge in [-0.15, -0.1) is 11.8 Å². The molecule has 0 aromatic heterocycles. The van der Waals surface area contributed by atoms with E-state index in [1.54, 1.807) is 23.6 Å². The van der Waals surface area contributed by atoms with Gasteiger partial charge < -0.3 is 20.6 Å². The zero-order valence-electron chi connectivity index (χ0n) is 20.3. The molecule has 3 fully saturated rings. The number of rotatable bonds is 10. The third-order valence-electron chi connectivity index (χ3n) is 7.86. The van der Waals surface area contributed by atoms with Gasteiger partial charge in [0.15, 0.2) is 0 Å². The molecule has 186 valence electrons. The van der Waals surface area contributed by atoms with Crippen LogP contribution in [0, 0.1) is 17.8 Å². The number of likely N-dealkylation sites (tertiary alicyclic amines) is 1. The smallest absolute Gasteiger partial charge is 0.244 e. The second-order valence-corrected chi connectivity index (χ2v) is 11.6. The number of nitrogens with one attached hydrogen (secondary N) is 2. The summed E-state index contributed by atoms with van der Waals surface area (Å²) < 4.78 is -0.644. The summed E-state index contributed by atoms with van der Waals surface area (Å²) in [6, 6.07) is 8.57. The molecule has 1 aromatic carbocycles. The van der Waals surface area contributed by atoms with Crippen molar-refractivity contribution in [3.63, 3.8) is 0 Å². The van der Waals surface area contributed by atoms with Crippen molar-refractivity contribution < 1.29 is 19.5 Å². The lowest BCUT2D eigenvalue weighted by molar-refractivity contribution is -0.142. The van der Waals surface area contributed by atoms with E-state index in [-0.39, 0.29) is 35.5 Å². The van der Waals surface area contributed by atoms with E-state index >= 15 is 0 Å². The third-order valence-corrected chi connectivity index (χ3v) is 9.94. The molecule has 0 radical (unpaired) electrons. The van der Waals surface area contributed by atoms with Gasteiger partial charge in [-0.1, -0.05) is 57.0 Å². The molecule has 4 rings (SSSR count). The quantitative estimate of drug-likeness (QED) is 0.440. The Kier molecular flexibility index (Phi) is 7.57. The largest absolute Gasteiger partial charge is 0.394 e. The minimum Gasteiger partial charge on any atom is -0.394 e. The minimum absolute atomic E-state index is 0.0155. The van der Waals surface area contributed by atoms with E-state index in [0.717, 1.165) is 31.2 Å². The first-order valence-corrected chi connectivity index (χ1v) is 13.4. The zero-order chi connectivity index (χ0) is 24.5. The molecule has 3 aliphatic rings. The highest BCUT2D eigenvalue weighted by molar-refractivity contribution is 8.02. The number of aliphatic hydroxyl groups excluding tert-OH is 1. The molecule has 0 aliphatic carbocycles. The van der Waals surface area contributed by atoms with Crippen LogP contribution in [0.5, 0.6) is 0 Å². The van der Waals surface area contributed by atoms with E-state index in [0.29, 0.717) is 13.1 Å². The Balaban J connectivity index is 1.60. The van der Waals surface area contributed by atoms with Gasteiger partial charge in [0.05, 0.1) is 29.2 Å². The van der Waals surface area contributed by atoms with E-state index in [1.165, 1.54) is 0 Å². The standard InChI is InChI=1S/C26H37N3O4S/c1-4-5-9-12-27-24(32)22-26-16(2)13-19(34-26)20(21(26)25(33)29(22)17(3)15-30)23(31)28-14-18-10-7-6-8-11-18/h6-8,10-11,16-17,19-22,30H,4-5,9,12-15H2,1-3H3,(H,27,32)(H,28,31)/t16?,17-,19-,20+,21+,22?,26?/m1/s1. The summed E-state index contributed by atoms with van der Waals surface area (Å²) in [6.07, 6.45) is 3.79. The molecule has 1 spiro atoms. The summed E-state index contributed by atoms with van der Waals surface area (Å²) in [6.45, 7) is 6.76. The van der Waals surface area contributed by atoms with Crippen LogP contribution in [-0.2, 0) is 20.9 Å². The Morgan fingerprint density at radius 1 is 1.21 bits per heavy atom. The molecular weight excluding hydrogens is 450 g/mol. The zero-order valence-corrected chi connectivity index (χ0v) is 21.1. The van der Waals surface area contributed by atoms with Crippen molar-refractivity contribution in [2.24, 2.45) is 17.8 Å². The molecule has 3 heterocycles. The van der Waals surface area contributed by atoms with Gasteiger partial charge in [0, 0.05) is 18.3 Å². The highest BCUT2D eigenvalue weighted by Gasteiger charge is 2.76. The van der Waals surface area contributed by atoms with Gasteiger partial charge in [0.2, 0.25) is 17.7 Å². The molecule has 8 heteroatoms. The van der Waals surface area contributed by atoms with Crippen molar-refractivity contribution in [3.8, 4) is 0 Å². The summed E-state index contributed by atoms with van der Waals surface area (Å²) in [5.41, 5.74) is 1.01. The predicted octanol–water partition coefficient (Wildman–Crippen LogP) is 2.33. The lowest BCUT2D eigenvalue weighted by Crippen LogP contribution is -2.58. The Hall–Kier alpha value is -2.06. The highest BCUT2D eigenvalue weighted by Crippen LogP contribution is 2.68. The molecular formula is C26H37N3O4S. The predicted molar refractivity (Wildman–Crippen MR) is 133 cm³/mol. The van der Waals surface area contributed by atoms with Crippen molar-refractivity contribution in [2.75, 3.05) is 13.2 Å². The SMILES string of the molecule is CCCCCNC(=O)C1N([C@H](C)CO)C(=O)[C@@H]2[C@@H](C(=O)NCc3ccccc3)[C@H]3CC(C)C12S3. The Morgan fingerprint density at radius 2 is 1.94 bits per heavy atom. The first-order valence-electron chi connectivity index (χ1n) is 12.6. The van der Waals surface area contributed by atoms with Gasteiger partial charge in [0.1, 0.15) is 6.04 Å². The van der Waals surface area contributed by atoms with Crippen molar-refractivity contribution in [2.45, 2.75) is 75.1 Å². The fourth-order valence-corrected chi connectivity index (χ4v) is 8.62. The van der Waals surface area contributed by atoms with Crippen LogP contribution < -0.4 is 10.6 Å². The monoisotopic (exact) mass is 487 g/mol. The van der Waals surface area contributed by atoms with Crippen LogP contribution in [0.15, 0.2) is 30.3 Å². The lowest BCUT2D eigenvalue weighted by Gasteiger charge is -2.39. The number of fused-ring (bicyclic) bond motifs is 1. The maximum Gasteiger partial charge on any atom is 0.244 e. The topological polar surface area (TPSA) is 98.7 Å². The number of benzene rings is 1. The Bertz CT molecular complexity index is 913. The summed E-state index contributed by atoms with van der Waals surface area (Å²) in [7, 11) is 0. The van der Waals surface area contributed by atoms with Gasteiger partial charge in [0.25, 0.3) is 0 Å². The summed E-state index contributed by atoms with van der Waals surface area (Å²) in [5.74, 6) is -1.34. The van der Waals surface area contributed by atoms with Crippen LogP contribution >= 0.6 is 11.8 Å². The Labute approximate surface area is 206 Å². The maximum absolute atomic E-state index is 13.8. The van der Waals surface area contributed by atoms with E-state index in [2.05, 4.69) is 24.5 Å². The van der Waals surface area contributed by atoms with Crippen LogP contribution in [0.1, 0.15) is 52.0 Å².